The zero-order valence-corrected chi connectivity index (χ0v) is 10.9. The molecule has 0 aromatic heterocycles. The highest BCUT2D eigenvalue weighted by Crippen LogP contribution is 2.26. The summed E-state index contributed by atoms with van der Waals surface area (Å²) >= 11 is 0. The predicted octanol–water partition coefficient (Wildman–Crippen LogP) is 1.00. The van der Waals surface area contributed by atoms with Crippen molar-refractivity contribution < 1.29 is 18.3 Å². The van der Waals surface area contributed by atoms with E-state index in [0.717, 1.165) is 5.69 Å². The Morgan fingerprint density at radius 2 is 1.89 bits per heavy atom. The lowest BCUT2D eigenvalue weighted by Gasteiger charge is -2.38. The molecule has 1 saturated heterocycles. The normalized spacial score (nSPS) is 16.4. The van der Waals surface area contributed by atoms with Crippen molar-refractivity contribution in [2.24, 2.45) is 5.92 Å². The Hall–Kier alpha value is -1.56. The van der Waals surface area contributed by atoms with Crippen molar-refractivity contribution >= 4 is 21.5 Å². The predicted molar refractivity (Wildman–Crippen MR) is 67.5 cm³/mol. The fourth-order valence-electron chi connectivity index (χ4n) is 1.88. The molecular weight excluding hydrogens is 254 g/mol. The molecule has 1 fully saturated rings. The smallest absolute Gasteiger partial charge is 0.310 e. The maximum Gasteiger partial charge on any atom is 0.310 e. The van der Waals surface area contributed by atoms with E-state index in [4.69, 9.17) is 5.11 Å². The van der Waals surface area contributed by atoms with E-state index in [1.165, 1.54) is 0 Å². The van der Waals surface area contributed by atoms with Gasteiger partial charge in [0.25, 0.3) is 0 Å². The van der Waals surface area contributed by atoms with Crippen LogP contribution < -0.4 is 4.90 Å². The number of carboxylic acids is 1. The van der Waals surface area contributed by atoms with Gasteiger partial charge >= 0.3 is 5.97 Å². The van der Waals surface area contributed by atoms with Gasteiger partial charge in [0, 0.05) is 18.8 Å². The van der Waals surface area contributed by atoms with Gasteiger partial charge in [-0.25, -0.2) is 8.42 Å². The van der Waals surface area contributed by atoms with E-state index in [1.807, 2.05) is 4.90 Å². The molecule has 1 aliphatic rings. The molecule has 0 radical (unpaired) electrons. The standard InChI is InChI=1S/C12H15NO4S/c1-2-18(16,17)11-5-3-10(4-6-11)13-7-9(8-13)12(14)15/h3-6,9H,2,7-8H2,1H3,(H,14,15). The van der Waals surface area contributed by atoms with Crippen LogP contribution in [-0.4, -0.2) is 38.3 Å². The summed E-state index contributed by atoms with van der Waals surface area (Å²) < 4.78 is 23.2. The lowest BCUT2D eigenvalue weighted by atomic mass is 10.00. The molecule has 0 saturated carbocycles. The highest BCUT2D eigenvalue weighted by Gasteiger charge is 2.32. The average Bonchev–Trinajstić information content (AvgIpc) is 2.27. The Bertz CT molecular complexity index is 544. The first kappa shape index (κ1) is 12.9. The molecule has 0 spiro atoms. The molecule has 98 valence electrons. The van der Waals surface area contributed by atoms with E-state index < -0.39 is 15.8 Å². The monoisotopic (exact) mass is 269 g/mol. The maximum absolute atomic E-state index is 11.6. The molecule has 2 rings (SSSR count). The topological polar surface area (TPSA) is 74.7 Å². The van der Waals surface area contributed by atoms with E-state index >= 15 is 0 Å². The van der Waals surface area contributed by atoms with Gasteiger partial charge in [-0.3, -0.25) is 4.79 Å². The lowest BCUT2D eigenvalue weighted by molar-refractivity contribution is -0.142. The third-order valence-corrected chi connectivity index (χ3v) is 4.92. The Kier molecular flexibility index (Phi) is 3.30. The number of carboxylic acid groups (broad SMARTS) is 1. The number of hydrogen-bond acceptors (Lipinski definition) is 4. The Labute approximate surface area is 106 Å². The van der Waals surface area contributed by atoms with Crippen LogP contribution in [0.15, 0.2) is 29.2 Å². The van der Waals surface area contributed by atoms with Crippen molar-refractivity contribution in [3.8, 4) is 0 Å². The molecule has 1 aromatic carbocycles. The number of rotatable bonds is 4. The largest absolute Gasteiger partial charge is 0.481 e. The van der Waals surface area contributed by atoms with E-state index in [1.54, 1.807) is 31.2 Å². The van der Waals surface area contributed by atoms with Gasteiger partial charge in [0.1, 0.15) is 0 Å². The van der Waals surface area contributed by atoms with E-state index in [-0.39, 0.29) is 11.7 Å². The zero-order chi connectivity index (χ0) is 13.3. The van der Waals surface area contributed by atoms with Crippen molar-refractivity contribution in [3.63, 3.8) is 0 Å². The van der Waals surface area contributed by atoms with Gasteiger partial charge in [-0.1, -0.05) is 6.92 Å². The third kappa shape index (κ3) is 2.33. The zero-order valence-electron chi connectivity index (χ0n) is 10.0. The van der Waals surface area contributed by atoms with Gasteiger partial charge in [0.05, 0.1) is 16.6 Å². The Morgan fingerprint density at radius 3 is 2.33 bits per heavy atom. The summed E-state index contributed by atoms with van der Waals surface area (Å²) in [5.41, 5.74) is 0.863. The first-order chi connectivity index (χ1) is 8.44. The fraction of sp³-hybridized carbons (Fsp3) is 0.417. The molecule has 1 aliphatic heterocycles. The van der Waals surface area contributed by atoms with Crippen LogP contribution in [0.4, 0.5) is 5.69 Å². The third-order valence-electron chi connectivity index (χ3n) is 3.17. The van der Waals surface area contributed by atoms with Crippen LogP contribution in [0, 0.1) is 5.92 Å². The summed E-state index contributed by atoms with van der Waals surface area (Å²) in [6.45, 7) is 2.57. The number of anilines is 1. The Balaban J connectivity index is 2.08. The molecule has 0 unspecified atom stereocenters. The molecule has 6 heteroatoms. The fourth-order valence-corrected chi connectivity index (χ4v) is 2.76. The summed E-state index contributed by atoms with van der Waals surface area (Å²) in [6.07, 6.45) is 0. The van der Waals surface area contributed by atoms with Crippen LogP contribution in [0.2, 0.25) is 0 Å². The molecule has 0 aliphatic carbocycles. The molecule has 5 nitrogen and oxygen atoms in total. The molecule has 1 heterocycles. The van der Waals surface area contributed by atoms with Crippen LogP contribution in [0.5, 0.6) is 0 Å². The first-order valence-corrected chi connectivity index (χ1v) is 7.40. The summed E-state index contributed by atoms with van der Waals surface area (Å²) in [6, 6.07) is 6.59. The number of hydrogen-bond donors (Lipinski definition) is 1. The number of benzene rings is 1. The molecule has 1 N–H and O–H groups in total. The van der Waals surface area contributed by atoms with Crippen molar-refractivity contribution in [1.82, 2.24) is 0 Å². The molecule has 0 bridgehead atoms. The second kappa shape index (κ2) is 4.61. The van der Waals surface area contributed by atoms with Crippen LogP contribution in [0.25, 0.3) is 0 Å². The van der Waals surface area contributed by atoms with Gasteiger partial charge in [0.15, 0.2) is 9.84 Å². The maximum atomic E-state index is 11.6. The number of sulfone groups is 1. The highest BCUT2D eigenvalue weighted by atomic mass is 32.2. The van der Waals surface area contributed by atoms with Gasteiger partial charge in [-0.2, -0.15) is 0 Å². The van der Waals surface area contributed by atoms with Gasteiger partial charge < -0.3 is 10.0 Å². The highest BCUT2D eigenvalue weighted by molar-refractivity contribution is 7.91. The van der Waals surface area contributed by atoms with Crippen molar-refractivity contribution in [2.75, 3.05) is 23.7 Å². The summed E-state index contributed by atoms with van der Waals surface area (Å²) in [5.74, 6) is -1.02. The van der Waals surface area contributed by atoms with Crippen molar-refractivity contribution in [3.05, 3.63) is 24.3 Å². The van der Waals surface area contributed by atoms with E-state index in [9.17, 15) is 13.2 Å². The second-order valence-corrected chi connectivity index (χ2v) is 6.62. The number of aliphatic carboxylic acids is 1. The van der Waals surface area contributed by atoms with Crippen LogP contribution in [0.1, 0.15) is 6.92 Å². The summed E-state index contributed by atoms with van der Waals surface area (Å²) in [7, 11) is -3.17. The van der Waals surface area contributed by atoms with Crippen molar-refractivity contribution in [2.45, 2.75) is 11.8 Å². The van der Waals surface area contributed by atoms with Crippen LogP contribution >= 0.6 is 0 Å². The number of nitrogens with zero attached hydrogens (tertiary/aromatic N) is 1. The minimum atomic E-state index is -3.17. The summed E-state index contributed by atoms with van der Waals surface area (Å²) in [4.78, 5) is 12.9. The molecule has 18 heavy (non-hydrogen) atoms. The first-order valence-electron chi connectivity index (χ1n) is 5.74. The van der Waals surface area contributed by atoms with E-state index in [2.05, 4.69) is 0 Å². The Morgan fingerprint density at radius 1 is 1.33 bits per heavy atom. The van der Waals surface area contributed by atoms with Crippen LogP contribution in [-0.2, 0) is 14.6 Å². The molecule has 1 aromatic rings. The summed E-state index contributed by atoms with van der Waals surface area (Å²) in [5, 5.41) is 8.77. The van der Waals surface area contributed by atoms with E-state index in [0.29, 0.717) is 18.0 Å². The lowest BCUT2D eigenvalue weighted by Crippen LogP contribution is -2.50. The second-order valence-electron chi connectivity index (χ2n) is 4.34. The average molecular weight is 269 g/mol. The molecule has 0 atom stereocenters. The van der Waals surface area contributed by atoms with Crippen molar-refractivity contribution in [1.29, 1.82) is 0 Å². The van der Waals surface area contributed by atoms with Gasteiger partial charge in [-0.15, -0.1) is 0 Å². The quantitative estimate of drug-likeness (QED) is 0.882. The molecule has 0 amide bonds. The SMILES string of the molecule is CCS(=O)(=O)c1ccc(N2CC(C(=O)O)C2)cc1. The minimum absolute atomic E-state index is 0.0805. The van der Waals surface area contributed by atoms with Gasteiger partial charge in [0.2, 0.25) is 0 Å². The number of carbonyl (C=O) groups is 1. The minimum Gasteiger partial charge on any atom is -0.481 e. The van der Waals surface area contributed by atoms with Crippen LogP contribution in [0.3, 0.4) is 0 Å². The molecular formula is C12H15NO4S. The van der Waals surface area contributed by atoms with Gasteiger partial charge in [-0.05, 0) is 24.3 Å².